The summed E-state index contributed by atoms with van der Waals surface area (Å²) in [5, 5.41) is 6.28. The van der Waals surface area contributed by atoms with E-state index in [-0.39, 0.29) is 12.4 Å². The summed E-state index contributed by atoms with van der Waals surface area (Å²) in [4.78, 5) is 23.7. The van der Waals surface area contributed by atoms with Gasteiger partial charge in [-0.3, -0.25) is 9.59 Å². The van der Waals surface area contributed by atoms with Gasteiger partial charge in [0, 0.05) is 11.3 Å². The third-order valence-electron chi connectivity index (χ3n) is 4.09. The van der Waals surface area contributed by atoms with E-state index in [9.17, 15) is 14.0 Å². The summed E-state index contributed by atoms with van der Waals surface area (Å²) < 4.78 is 19.2. The number of nitrogens with one attached hydrogen (secondary N) is 2. The third kappa shape index (κ3) is 6.00. The SMILES string of the molecule is Cc1cccc(NC(=O)C(=O)N/N=C\c2ccc(OCc3ccccc3F)cc2)c1. The first-order valence-corrected chi connectivity index (χ1v) is 9.18. The number of anilines is 1. The second kappa shape index (κ2) is 9.97. The number of carbonyl (C=O) groups is 2. The molecule has 0 bridgehead atoms. The van der Waals surface area contributed by atoms with Crippen LogP contribution in [0.5, 0.6) is 5.75 Å². The van der Waals surface area contributed by atoms with Gasteiger partial charge in [0.1, 0.15) is 18.2 Å². The minimum Gasteiger partial charge on any atom is -0.489 e. The number of nitrogens with zero attached hydrogens (tertiary/aromatic N) is 1. The topological polar surface area (TPSA) is 79.8 Å². The van der Waals surface area contributed by atoms with E-state index >= 15 is 0 Å². The van der Waals surface area contributed by atoms with Crippen LogP contribution in [0.2, 0.25) is 0 Å². The van der Waals surface area contributed by atoms with Crippen molar-refractivity contribution in [2.45, 2.75) is 13.5 Å². The Morgan fingerprint density at radius 1 is 1.00 bits per heavy atom. The lowest BCUT2D eigenvalue weighted by atomic mass is 10.2. The number of rotatable bonds is 6. The molecule has 0 saturated carbocycles. The first-order valence-electron chi connectivity index (χ1n) is 9.18. The van der Waals surface area contributed by atoms with Crippen LogP contribution in [0, 0.1) is 12.7 Å². The standard InChI is InChI=1S/C23H20FN3O3/c1-16-5-4-7-19(13-16)26-22(28)23(29)27-25-14-17-9-11-20(12-10-17)30-15-18-6-2-3-8-21(18)24/h2-14H,15H2,1H3,(H,26,28)(H,27,29)/b25-14-. The quantitative estimate of drug-likeness (QED) is 0.372. The number of ether oxygens (including phenoxy) is 1. The van der Waals surface area contributed by atoms with E-state index in [1.807, 2.05) is 13.0 Å². The molecule has 0 heterocycles. The van der Waals surface area contributed by atoms with Crippen LogP contribution in [0.25, 0.3) is 0 Å². The molecule has 6 nitrogen and oxygen atoms in total. The average molecular weight is 405 g/mol. The zero-order chi connectivity index (χ0) is 21.3. The van der Waals surface area contributed by atoms with Crippen LogP contribution in [0.15, 0.2) is 77.9 Å². The molecule has 30 heavy (non-hydrogen) atoms. The van der Waals surface area contributed by atoms with E-state index in [4.69, 9.17) is 4.74 Å². The Morgan fingerprint density at radius 2 is 1.77 bits per heavy atom. The highest BCUT2D eigenvalue weighted by Crippen LogP contribution is 2.15. The maximum atomic E-state index is 13.6. The van der Waals surface area contributed by atoms with Gasteiger partial charge in [0.05, 0.1) is 6.21 Å². The second-order valence-corrected chi connectivity index (χ2v) is 6.47. The summed E-state index contributed by atoms with van der Waals surface area (Å²) in [5.74, 6) is -1.44. The number of benzene rings is 3. The Bertz CT molecular complexity index is 1070. The van der Waals surface area contributed by atoms with Crippen LogP contribution in [-0.4, -0.2) is 18.0 Å². The lowest BCUT2D eigenvalue weighted by Gasteiger charge is -2.07. The summed E-state index contributed by atoms with van der Waals surface area (Å²) in [6, 6.07) is 20.4. The molecule has 0 radical (unpaired) electrons. The monoisotopic (exact) mass is 405 g/mol. The number of hydrogen-bond acceptors (Lipinski definition) is 4. The molecule has 3 aromatic rings. The van der Waals surface area contributed by atoms with Gasteiger partial charge in [0.25, 0.3) is 0 Å². The van der Waals surface area contributed by atoms with E-state index in [1.165, 1.54) is 12.3 Å². The molecule has 0 unspecified atom stereocenters. The molecule has 0 aliphatic carbocycles. The number of hydrogen-bond donors (Lipinski definition) is 2. The molecule has 2 amide bonds. The van der Waals surface area contributed by atoms with Gasteiger partial charge >= 0.3 is 11.8 Å². The van der Waals surface area contributed by atoms with E-state index in [0.29, 0.717) is 22.6 Å². The Labute approximate surface area is 173 Å². The fraction of sp³-hybridized carbons (Fsp3) is 0.0870. The van der Waals surface area contributed by atoms with Crippen LogP contribution >= 0.6 is 0 Å². The minimum atomic E-state index is -0.877. The van der Waals surface area contributed by atoms with Gasteiger partial charge in [-0.15, -0.1) is 0 Å². The highest BCUT2D eigenvalue weighted by atomic mass is 19.1. The van der Waals surface area contributed by atoms with Crippen LogP contribution in [0.3, 0.4) is 0 Å². The summed E-state index contributed by atoms with van der Waals surface area (Å²) in [6.07, 6.45) is 1.40. The van der Waals surface area contributed by atoms with Gasteiger partial charge in [-0.05, 0) is 60.5 Å². The molecule has 0 aliphatic rings. The predicted molar refractivity (Wildman–Crippen MR) is 113 cm³/mol. The van der Waals surface area contributed by atoms with Gasteiger partial charge in [-0.2, -0.15) is 5.10 Å². The molecular weight excluding hydrogens is 385 g/mol. The smallest absolute Gasteiger partial charge is 0.329 e. The molecule has 3 rings (SSSR count). The minimum absolute atomic E-state index is 0.117. The zero-order valence-corrected chi connectivity index (χ0v) is 16.3. The normalized spacial score (nSPS) is 10.6. The second-order valence-electron chi connectivity index (χ2n) is 6.47. The summed E-state index contributed by atoms with van der Waals surface area (Å²) in [7, 11) is 0. The fourth-order valence-corrected chi connectivity index (χ4v) is 2.55. The number of hydrazone groups is 1. The molecule has 0 aromatic heterocycles. The van der Waals surface area contributed by atoms with Crippen molar-refractivity contribution in [2.24, 2.45) is 5.10 Å². The van der Waals surface area contributed by atoms with Gasteiger partial charge in [0.2, 0.25) is 0 Å². The fourth-order valence-electron chi connectivity index (χ4n) is 2.55. The van der Waals surface area contributed by atoms with E-state index in [2.05, 4.69) is 15.8 Å². The van der Waals surface area contributed by atoms with Crippen LogP contribution in [0.4, 0.5) is 10.1 Å². The Balaban J connectivity index is 1.48. The average Bonchev–Trinajstić information content (AvgIpc) is 2.74. The summed E-state index contributed by atoms with van der Waals surface area (Å²) >= 11 is 0. The highest BCUT2D eigenvalue weighted by Gasteiger charge is 2.12. The highest BCUT2D eigenvalue weighted by molar-refractivity contribution is 6.39. The molecule has 0 fully saturated rings. The maximum Gasteiger partial charge on any atom is 0.329 e. The van der Waals surface area contributed by atoms with Crippen molar-refractivity contribution in [3.05, 3.63) is 95.3 Å². The van der Waals surface area contributed by atoms with Gasteiger partial charge in [0.15, 0.2) is 0 Å². The summed E-state index contributed by atoms with van der Waals surface area (Å²) in [5.41, 5.74) is 4.83. The molecule has 3 aromatic carbocycles. The third-order valence-corrected chi connectivity index (χ3v) is 4.09. The first kappa shape index (κ1) is 20.7. The van der Waals surface area contributed by atoms with Crippen molar-refractivity contribution in [1.29, 1.82) is 0 Å². The predicted octanol–water partition coefficient (Wildman–Crippen LogP) is 3.80. The van der Waals surface area contributed by atoms with Gasteiger partial charge < -0.3 is 10.1 Å². The summed E-state index contributed by atoms with van der Waals surface area (Å²) in [6.45, 7) is 2.00. The molecular formula is C23H20FN3O3. The number of halogens is 1. The van der Waals surface area contributed by atoms with Crippen molar-refractivity contribution >= 4 is 23.7 Å². The van der Waals surface area contributed by atoms with E-state index in [1.54, 1.807) is 60.7 Å². The number of carbonyl (C=O) groups excluding carboxylic acids is 2. The van der Waals surface area contributed by atoms with Crippen LogP contribution in [-0.2, 0) is 16.2 Å². The Hall–Kier alpha value is -4.00. The molecule has 7 heteroatoms. The largest absolute Gasteiger partial charge is 0.489 e. The Morgan fingerprint density at radius 3 is 2.50 bits per heavy atom. The van der Waals surface area contributed by atoms with Gasteiger partial charge in [-0.25, -0.2) is 9.82 Å². The molecule has 152 valence electrons. The van der Waals surface area contributed by atoms with Crippen molar-refractivity contribution < 1.29 is 18.7 Å². The lowest BCUT2D eigenvalue weighted by molar-refractivity contribution is -0.136. The molecule has 0 aliphatic heterocycles. The van der Waals surface area contributed by atoms with Gasteiger partial charge in [-0.1, -0.05) is 30.3 Å². The number of aryl methyl sites for hydroxylation is 1. The maximum absolute atomic E-state index is 13.6. The van der Waals surface area contributed by atoms with E-state index < -0.39 is 11.8 Å². The molecule has 2 N–H and O–H groups in total. The first-order chi connectivity index (χ1) is 14.5. The molecule has 0 atom stereocenters. The van der Waals surface area contributed by atoms with Crippen molar-refractivity contribution in [1.82, 2.24) is 5.43 Å². The lowest BCUT2D eigenvalue weighted by Crippen LogP contribution is -2.32. The van der Waals surface area contributed by atoms with E-state index in [0.717, 1.165) is 5.56 Å². The van der Waals surface area contributed by atoms with Crippen molar-refractivity contribution in [3.63, 3.8) is 0 Å². The molecule has 0 saturated heterocycles. The number of amides is 2. The van der Waals surface area contributed by atoms with Crippen LogP contribution in [0.1, 0.15) is 16.7 Å². The molecule has 0 spiro atoms. The van der Waals surface area contributed by atoms with Crippen LogP contribution < -0.4 is 15.5 Å². The zero-order valence-electron chi connectivity index (χ0n) is 16.3. The van der Waals surface area contributed by atoms with Crippen molar-refractivity contribution in [3.8, 4) is 5.75 Å². The Kier molecular flexibility index (Phi) is 6.89. The van der Waals surface area contributed by atoms with Crippen molar-refractivity contribution in [2.75, 3.05) is 5.32 Å².